The van der Waals surface area contributed by atoms with Crippen LogP contribution in [0.2, 0.25) is 0 Å². The van der Waals surface area contributed by atoms with Gasteiger partial charge in [-0.15, -0.1) is 0 Å². The fourth-order valence-corrected chi connectivity index (χ4v) is 4.54. The van der Waals surface area contributed by atoms with Gasteiger partial charge in [0.15, 0.2) is 0 Å². The van der Waals surface area contributed by atoms with Crippen molar-refractivity contribution in [1.29, 1.82) is 0 Å². The number of hydrogen-bond donors (Lipinski definition) is 0. The van der Waals surface area contributed by atoms with Crippen LogP contribution < -0.4 is 0 Å². The molecule has 4 rings (SSSR count). The predicted molar refractivity (Wildman–Crippen MR) is 106 cm³/mol. The third-order valence-corrected chi connectivity index (χ3v) is 6.64. The summed E-state index contributed by atoms with van der Waals surface area (Å²) in [5.74, 6) is 0. The lowest BCUT2D eigenvalue weighted by molar-refractivity contribution is 0.596. The lowest BCUT2D eigenvalue weighted by Crippen LogP contribution is -2.02. The summed E-state index contributed by atoms with van der Waals surface area (Å²) in [6.07, 6.45) is 0. The molecule has 0 unspecified atom stereocenters. The van der Waals surface area contributed by atoms with E-state index >= 15 is 0 Å². The minimum Gasteiger partial charge on any atom is -0.219 e. The average molecular weight is 444 g/mol. The van der Waals surface area contributed by atoms with Crippen LogP contribution in [0.25, 0.3) is 21.5 Å². The Hall–Kier alpha value is -1.92. The maximum absolute atomic E-state index is 12.9. The van der Waals surface area contributed by atoms with Crippen LogP contribution in [0.3, 0.4) is 0 Å². The van der Waals surface area contributed by atoms with E-state index in [1.807, 2.05) is 48.5 Å². The molecule has 0 fully saturated rings. The third-order valence-electron chi connectivity index (χ3n) is 4.15. The van der Waals surface area contributed by atoms with Gasteiger partial charge in [0.05, 0.1) is 9.79 Å². The molecule has 0 heterocycles. The van der Waals surface area contributed by atoms with Gasteiger partial charge in [-0.05, 0) is 80.5 Å². The first-order valence-corrected chi connectivity index (χ1v) is 10.0. The molecule has 0 radical (unpaired) electrons. The number of benzene rings is 4. The quantitative estimate of drug-likeness (QED) is 0.305. The van der Waals surface area contributed by atoms with E-state index in [2.05, 4.69) is 28.7 Å². The monoisotopic (exact) mass is 444 g/mol. The zero-order valence-electron chi connectivity index (χ0n) is 12.6. The van der Waals surface area contributed by atoms with Gasteiger partial charge in [-0.3, -0.25) is 0 Å². The summed E-state index contributed by atoms with van der Waals surface area (Å²) >= 11 is 2.17. The van der Waals surface area contributed by atoms with Crippen LogP contribution in [0.4, 0.5) is 0 Å². The number of fused-ring (bicyclic) bond motifs is 3. The molecule has 4 heteroatoms. The molecule has 0 spiro atoms. The van der Waals surface area contributed by atoms with E-state index in [4.69, 9.17) is 0 Å². The molecule has 2 nitrogen and oxygen atoms in total. The van der Waals surface area contributed by atoms with E-state index in [1.165, 1.54) is 0 Å². The Morgan fingerprint density at radius 3 is 1.96 bits per heavy atom. The van der Waals surface area contributed by atoms with Gasteiger partial charge >= 0.3 is 0 Å². The highest BCUT2D eigenvalue weighted by molar-refractivity contribution is 14.1. The van der Waals surface area contributed by atoms with Gasteiger partial charge in [0, 0.05) is 3.57 Å². The molecule has 118 valence electrons. The molecule has 0 aliphatic carbocycles. The molecule has 0 N–H and O–H groups in total. The lowest BCUT2D eigenvalue weighted by atomic mass is 10.0. The largest absolute Gasteiger partial charge is 0.219 e. The first-order chi connectivity index (χ1) is 11.6. The van der Waals surface area contributed by atoms with Gasteiger partial charge in [-0.1, -0.05) is 42.5 Å². The van der Waals surface area contributed by atoms with Crippen molar-refractivity contribution in [3.63, 3.8) is 0 Å². The minimum atomic E-state index is -3.52. The molecule has 4 aromatic rings. The zero-order valence-corrected chi connectivity index (χ0v) is 15.6. The summed E-state index contributed by atoms with van der Waals surface area (Å²) in [6, 6.07) is 24.4. The first-order valence-electron chi connectivity index (χ1n) is 7.48. The van der Waals surface area contributed by atoms with Crippen LogP contribution >= 0.6 is 22.6 Å². The summed E-state index contributed by atoms with van der Waals surface area (Å²) in [6.45, 7) is 0. The van der Waals surface area contributed by atoms with Crippen molar-refractivity contribution < 1.29 is 8.42 Å². The van der Waals surface area contributed by atoms with Crippen LogP contribution in [-0.4, -0.2) is 8.42 Å². The number of hydrogen-bond acceptors (Lipinski definition) is 2. The van der Waals surface area contributed by atoms with E-state index in [-0.39, 0.29) is 0 Å². The van der Waals surface area contributed by atoms with Gasteiger partial charge in [-0.2, -0.15) is 0 Å². The molecule has 0 aromatic heterocycles. The summed E-state index contributed by atoms with van der Waals surface area (Å²) in [5, 5.41) is 4.17. The SMILES string of the molecule is O=S(=O)(c1ccc(I)cc1)c1ccc2ccc3ccccc3c2c1. The molecule has 24 heavy (non-hydrogen) atoms. The molecular weight excluding hydrogens is 431 g/mol. The number of rotatable bonds is 2. The maximum Gasteiger partial charge on any atom is 0.206 e. The minimum absolute atomic E-state index is 0.322. The molecule has 0 atom stereocenters. The lowest BCUT2D eigenvalue weighted by Gasteiger charge is -2.08. The average Bonchev–Trinajstić information content (AvgIpc) is 2.61. The summed E-state index contributed by atoms with van der Waals surface area (Å²) in [4.78, 5) is 0.648. The van der Waals surface area contributed by atoms with Crippen LogP contribution in [0.5, 0.6) is 0 Å². The number of sulfone groups is 1. The molecule has 0 amide bonds. The Bertz CT molecular complexity index is 1160. The van der Waals surface area contributed by atoms with E-state index in [9.17, 15) is 8.42 Å². The Labute approximate surface area is 154 Å². The first kappa shape index (κ1) is 15.6. The Morgan fingerprint density at radius 2 is 1.21 bits per heavy atom. The molecule has 0 bridgehead atoms. The van der Waals surface area contributed by atoms with Crippen molar-refractivity contribution in [2.45, 2.75) is 9.79 Å². The van der Waals surface area contributed by atoms with Crippen LogP contribution in [0.1, 0.15) is 0 Å². The third kappa shape index (κ3) is 2.59. The fraction of sp³-hybridized carbons (Fsp3) is 0. The predicted octanol–water partition coefficient (Wildman–Crippen LogP) is 5.43. The van der Waals surface area contributed by atoms with Crippen molar-refractivity contribution in [3.8, 4) is 0 Å². The second kappa shape index (κ2) is 5.86. The molecule has 0 aliphatic rings. The van der Waals surface area contributed by atoms with E-state index in [1.54, 1.807) is 24.3 Å². The smallest absolute Gasteiger partial charge is 0.206 e. The Balaban J connectivity index is 1.97. The second-order valence-corrected chi connectivity index (χ2v) is 8.82. The topological polar surface area (TPSA) is 34.1 Å². The van der Waals surface area contributed by atoms with Crippen molar-refractivity contribution >= 4 is 54.0 Å². The van der Waals surface area contributed by atoms with Crippen LogP contribution in [0, 0.1) is 3.57 Å². The van der Waals surface area contributed by atoms with Crippen molar-refractivity contribution in [3.05, 3.63) is 82.4 Å². The van der Waals surface area contributed by atoms with Crippen molar-refractivity contribution in [2.24, 2.45) is 0 Å². The molecule has 0 saturated carbocycles. The maximum atomic E-state index is 12.9. The molecule has 0 saturated heterocycles. The normalized spacial score (nSPS) is 11.9. The van der Waals surface area contributed by atoms with E-state index in [0.29, 0.717) is 9.79 Å². The second-order valence-electron chi connectivity index (χ2n) is 5.63. The highest BCUT2D eigenvalue weighted by atomic mass is 127. The van der Waals surface area contributed by atoms with Gasteiger partial charge in [-0.25, -0.2) is 8.42 Å². The fourth-order valence-electron chi connectivity index (χ4n) is 2.90. The van der Waals surface area contributed by atoms with E-state index in [0.717, 1.165) is 25.1 Å². The van der Waals surface area contributed by atoms with Gasteiger partial charge in [0.25, 0.3) is 0 Å². The summed E-state index contributed by atoms with van der Waals surface area (Å²) < 4.78 is 26.9. The van der Waals surface area contributed by atoms with E-state index < -0.39 is 9.84 Å². The van der Waals surface area contributed by atoms with Crippen LogP contribution in [-0.2, 0) is 9.84 Å². The number of halogens is 1. The standard InChI is InChI=1S/C20H13IO2S/c21-16-8-11-17(12-9-16)24(22,23)18-10-7-15-6-5-14-3-1-2-4-19(14)20(15)13-18/h1-13H. The Kier molecular flexibility index (Phi) is 3.81. The zero-order chi connectivity index (χ0) is 16.7. The highest BCUT2D eigenvalue weighted by Crippen LogP contribution is 2.30. The Morgan fingerprint density at radius 1 is 0.625 bits per heavy atom. The van der Waals surface area contributed by atoms with Crippen molar-refractivity contribution in [2.75, 3.05) is 0 Å². The van der Waals surface area contributed by atoms with Gasteiger partial charge in [0.2, 0.25) is 9.84 Å². The van der Waals surface area contributed by atoms with Crippen molar-refractivity contribution in [1.82, 2.24) is 0 Å². The molecule has 0 aliphatic heterocycles. The van der Waals surface area contributed by atoms with Crippen LogP contribution in [0.15, 0.2) is 88.7 Å². The summed E-state index contributed by atoms with van der Waals surface area (Å²) in [5.41, 5.74) is 0. The highest BCUT2D eigenvalue weighted by Gasteiger charge is 2.18. The molecule has 4 aromatic carbocycles. The van der Waals surface area contributed by atoms with Gasteiger partial charge in [0.1, 0.15) is 0 Å². The summed E-state index contributed by atoms with van der Waals surface area (Å²) in [7, 11) is -3.52. The molecular formula is C20H13IO2S. The van der Waals surface area contributed by atoms with Gasteiger partial charge < -0.3 is 0 Å².